The largest absolute Gasteiger partial charge is 0.497 e. The van der Waals surface area contributed by atoms with E-state index in [0.29, 0.717) is 17.9 Å². The minimum absolute atomic E-state index is 0.0356. The molecule has 17 heavy (non-hydrogen) atoms. The standard InChI is InChI=1S/C13H17FO3/c1-8-10(5-6-17-8)13(15)11-4-3-9(16-2)7-12(11)14/h3-4,7-8,10,13,15H,5-6H2,1-2H3. The minimum atomic E-state index is -0.821. The van der Waals surface area contributed by atoms with Gasteiger partial charge in [-0.1, -0.05) is 0 Å². The van der Waals surface area contributed by atoms with E-state index in [-0.39, 0.29) is 12.0 Å². The molecule has 4 heteroatoms. The molecule has 1 saturated heterocycles. The van der Waals surface area contributed by atoms with E-state index in [0.717, 1.165) is 6.42 Å². The Bertz CT molecular complexity index is 394. The van der Waals surface area contributed by atoms with Crippen molar-refractivity contribution in [1.29, 1.82) is 0 Å². The maximum absolute atomic E-state index is 13.8. The number of rotatable bonds is 3. The third-order valence-electron chi connectivity index (χ3n) is 3.37. The predicted octanol–water partition coefficient (Wildman–Crippen LogP) is 2.29. The summed E-state index contributed by atoms with van der Waals surface area (Å²) in [6, 6.07) is 4.52. The van der Waals surface area contributed by atoms with Crippen molar-refractivity contribution >= 4 is 0 Å². The number of benzene rings is 1. The van der Waals surface area contributed by atoms with Crippen molar-refractivity contribution < 1.29 is 19.0 Å². The van der Waals surface area contributed by atoms with Crippen LogP contribution < -0.4 is 4.74 Å². The molecule has 0 aromatic heterocycles. The molecule has 0 spiro atoms. The van der Waals surface area contributed by atoms with E-state index in [1.165, 1.54) is 13.2 Å². The van der Waals surface area contributed by atoms with Crippen LogP contribution in [0.4, 0.5) is 4.39 Å². The zero-order valence-electron chi connectivity index (χ0n) is 10.0. The van der Waals surface area contributed by atoms with E-state index in [9.17, 15) is 9.50 Å². The van der Waals surface area contributed by atoms with Gasteiger partial charge in [-0.25, -0.2) is 4.39 Å². The quantitative estimate of drug-likeness (QED) is 0.881. The Morgan fingerprint density at radius 2 is 2.29 bits per heavy atom. The first-order chi connectivity index (χ1) is 8.13. The highest BCUT2D eigenvalue weighted by atomic mass is 19.1. The Kier molecular flexibility index (Phi) is 3.64. The lowest BCUT2D eigenvalue weighted by molar-refractivity contribution is 0.0414. The average molecular weight is 240 g/mol. The molecule has 1 aromatic rings. The lowest BCUT2D eigenvalue weighted by Gasteiger charge is -2.21. The van der Waals surface area contributed by atoms with E-state index < -0.39 is 11.9 Å². The first kappa shape index (κ1) is 12.3. The fraction of sp³-hybridized carbons (Fsp3) is 0.538. The topological polar surface area (TPSA) is 38.7 Å². The normalized spacial score (nSPS) is 25.9. The van der Waals surface area contributed by atoms with E-state index >= 15 is 0 Å². The molecule has 3 unspecified atom stereocenters. The maximum Gasteiger partial charge on any atom is 0.132 e. The van der Waals surface area contributed by atoms with Crippen molar-refractivity contribution in [3.63, 3.8) is 0 Å². The highest BCUT2D eigenvalue weighted by Crippen LogP contribution is 2.34. The second-order valence-corrected chi connectivity index (χ2v) is 4.36. The molecular formula is C13H17FO3. The second kappa shape index (κ2) is 5.02. The highest BCUT2D eigenvalue weighted by Gasteiger charge is 2.32. The zero-order chi connectivity index (χ0) is 12.4. The van der Waals surface area contributed by atoms with Crippen molar-refractivity contribution in [2.75, 3.05) is 13.7 Å². The molecule has 1 aromatic carbocycles. The second-order valence-electron chi connectivity index (χ2n) is 4.36. The van der Waals surface area contributed by atoms with Gasteiger partial charge in [0, 0.05) is 24.2 Å². The van der Waals surface area contributed by atoms with Crippen LogP contribution in [0.1, 0.15) is 25.0 Å². The number of hydrogen-bond acceptors (Lipinski definition) is 3. The van der Waals surface area contributed by atoms with Crippen LogP contribution in [-0.4, -0.2) is 24.9 Å². The number of halogens is 1. The summed E-state index contributed by atoms with van der Waals surface area (Å²) in [6.07, 6.45) is -0.0988. The fourth-order valence-corrected chi connectivity index (χ4v) is 2.27. The van der Waals surface area contributed by atoms with Crippen molar-refractivity contribution in [2.24, 2.45) is 5.92 Å². The molecule has 1 fully saturated rings. The molecule has 0 radical (unpaired) electrons. The minimum Gasteiger partial charge on any atom is -0.497 e. The third-order valence-corrected chi connectivity index (χ3v) is 3.37. The Morgan fingerprint density at radius 3 is 2.82 bits per heavy atom. The summed E-state index contributed by atoms with van der Waals surface area (Å²) in [5, 5.41) is 10.2. The molecule has 1 aliphatic heterocycles. The van der Waals surface area contributed by atoms with Crippen molar-refractivity contribution in [3.05, 3.63) is 29.6 Å². The van der Waals surface area contributed by atoms with Crippen molar-refractivity contribution in [2.45, 2.75) is 25.6 Å². The summed E-state index contributed by atoms with van der Waals surface area (Å²) in [5.74, 6) is -0.0250. The molecule has 0 amide bonds. The molecule has 1 N–H and O–H groups in total. The number of hydrogen-bond donors (Lipinski definition) is 1. The van der Waals surface area contributed by atoms with Crippen LogP contribution in [0.3, 0.4) is 0 Å². The summed E-state index contributed by atoms with van der Waals surface area (Å²) in [5.41, 5.74) is 0.313. The van der Waals surface area contributed by atoms with Gasteiger partial charge in [0.2, 0.25) is 0 Å². The number of aliphatic hydroxyl groups is 1. The van der Waals surface area contributed by atoms with E-state index in [1.807, 2.05) is 6.92 Å². The maximum atomic E-state index is 13.8. The third kappa shape index (κ3) is 2.42. The van der Waals surface area contributed by atoms with Gasteiger partial charge in [-0.2, -0.15) is 0 Å². The van der Waals surface area contributed by atoms with Gasteiger partial charge in [-0.05, 0) is 25.5 Å². The first-order valence-corrected chi connectivity index (χ1v) is 5.76. The van der Waals surface area contributed by atoms with E-state index in [4.69, 9.17) is 9.47 Å². The Morgan fingerprint density at radius 1 is 1.53 bits per heavy atom. The van der Waals surface area contributed by atoms with E-state index in [1.54, 1.807) is 12.1 Å². The van der Waals surface area contributed by atoms with Gasteiger partial charge in [0.05, 0.1) is 19.3 Å². The van der Waals surface area contributed by atoms with Crippen LogP contribution in [0.2, 0.25) is 0 Å². The fourth-order valence-electron chi connectivity index (χ4n) is 2.27. The predicted molar refractivity (Wildman–Crippen MR) is 61.4 cm³/mol. The lowest BCUT2D eigenvalue weighted by Crippen LogP contribution is -2.20. The lowest BCUT2D eigenvalue weighted by atomic mass is 9.90. The average Bonchev–Trinajstić information content (AvgIpc) is 2.74. The van der Waals surface area contributed by atoms with Gasteiger partial charge < -0.3 is 14.6 Å². The number of ether oxygens (including phenoxy) is 2. The summed E-state index contributed by atoms with van der Waals surface area (Å²) in [4.78, 5) is 0. The Balaban J connectivity index is 2.21. The molecular weight excluding hydrogens is 223 g/mol. The number of aliphatic hydroxyl groups excluding tert-OH is 1. The molecule has 1 heterocycles. The summed E-state index contributed by atoms with van der Waals surface area (Å²) < 4.78 is 24.1. The van der Waals surface area contributed by atoms with Crippen LogP contribution in [0.5, 0.6) is 5.75 Å². The van der Waals surface area contributed by atoms with Crippen LogP contribution in [0.15, 0.2) is 18.2 Å². The monoisotopic (exact) mass is 240 g/mol. The first-order valence-electron chi connectivity index (χ1n) is 5.76. The number of methoxy groups -OCH3 is 1. The van der Waals surface area contributed by atoms with Crippen molar-refractivity contribution in [1.82, 2.24) is 0 Å². The molecule has 0 saturated carbocycles. The van der Waals surface area contributed by atoms with Gasteiger partial charge >= 0.3 is 0 Å². The Labute approximate surface area is 100 Å². The van der Waals surface area contributed by atoms with Crippen LogP contribution >= 0.6 is 0 Å². The van der Waals surface area contributed by atoms with Crippen molar-refractivity contribution in [3.8, 4) is 5.75 Å². The molecule has 2 rings (SSSR count). The van der Waals surface area contributed by atoms with Gasteiger partial charge in [0.15, 0.2) is 0 Å². The van der Waals surface area contributed by atoms with Gasteiger partial charge in [0.1, 0.15) is 11.6 Å². The highest BCUT2D eigenvalue weighted by molar-refractivity contribution is 5.30. The van der Waals surface area contributed by atoms with Gasteiger partial charge in [-0.15, -0.1) is 0 Å². The molecule has 3 atom stereocenters. The smallest absolute Gasteiger partial charge is 0.132 e. The molecule has 1 aliphatic rings. The summed E-state index contributed by atoms with van der Waals surface area (Å²) in [6.45, 7) is 2.53. The van der Waals surface area contributed by atoms with Crippen LogP contribution in [0.25, 0.3) is 0 Å². The zero-order valence-corrected chi connectivity index (χ0v) is 10.0. The molecule has 3 nitrogen and oxygen atoms in total. The SMILES string of the molecule is COc1ccc(C(O)C2CCOC2C)c(F)c1. The van der Waals surface area contributed by atoms with Crippen LogP contribution in [0, 0.1) is 11.7 Å². The summed E-state index contributed by atoms with van der Waals surface area (Å²) >= 11 is 0. The van der Waals surface area contributed by atoms with Crippen LogP contribution in [-0.2, 0) is 4.74 Å². The summed E-state index contributed by atoms with van der Waals surface area (Å²) in [7, 11) is 1.48. The van der Waals surface area contributed by atoms with Gasteiger partial charge in [0.25, 0.3) is 0 Å². The Hall–Kier alpha value is -1.13. The molecule has 94 valence electrons. The molecule has 0 bridgehead atoms. The molecule has 0 aliphatic carbocycles. The van der Waals surface area contributed by atoms with E-state index in [2.05, 4.69) is 0 Å². The van der Waals surface area contributed by atoms with Gasteiger partial charge in [-0.3, -0.25) is 0 Å².